The molecule has 0 aromatic heterocycles. The van der Waals surface area contributed by atoms with E-state index in [-0.39, 0.29) is 12.8 Å². The van der Waals surface area contributed by atoms with E-state index in [0.717, 1.165) is 44.5 Å². The van der Waals surface area contributed by atoms with Gasteiger partial charge in [-0.15, -0.1) is 0 Å². The number of anilines is 4. The molecule has 4 amide bonds. The van der Waals surface area contributed by atoms with Crippen LogP contribution in [-0.2, 0) is 19.2 Å². The molecule has 0 aliphatic heterocycles. The Balaban J connectivity index is 1.72. The van der Waals surface area contributed by atoms with Gasteiger partial charge in [-0.3, -0.25) is 19.2 Å². The summed E-state index contributed by atoms with van der Waals surface area (Å²) in [4.78, 5) is 55.6. The van der Waals surface area contributed by atoms with Crippen LogP contribution in [0.15, 0.2) is 72.8 Å². The summed E-state index contributed by atoms with van der Waals surface area (Å²) < 4.78 is 0. The van der Waals surface area contributed by atoms with E-state index in [0.29, 0.717) is 22.7 Å². The Morgan fingerprint density at radius 3 is 0.917 bits per heavy atom. The fourth-order valence-electron chi connectivity index (χ4n) is 5.90. The van der Waals surface area contributed by atoms with Crippen molar-refractivity contribution in [3.63, 3.8) is 0 Å². The second-order valence-corrected chi connectivity index (χ2v) is 13.0. The molecule has 8 heteroatoms. The second kappa shape index (κ2) is 15.6. The maximum Gasteiger partial charge on any atom is 0.228 e. The Labute approximate surface area is 283 Å². The van der Waals surface area contributed by atoms with Crippen molar-refractivity contribution in [3.8, 4) is 0 Å². The number of carbonyl (C=O) groups is 4. The fourth-order valence-corrected chi connectivity index (χ4v) is 5.90. The predicted octanol–water partition coefficient (Wildman–Crippen LogP) is 8.02. The molecule has 0 saturated carbocycles. The zero-order chi connectivity index (χ0) is 35.1. The first kappa shape index (κ1) is 35.6. The van der Waals surface area contributed by atoms with E-state index in [4.69, 9.17) is 0 Å². The molecule has 0 radical (unpaired) electrons. The molecule has 0 aliphatic carbocycles. The van der Waals surface area contributed by atoms with E-state index in [1.807, 2.05) is 116 Å². The largest absolute Gasteiger partial charge is 0.326 e. The van der Waals surface area contributed by atoms with Gasteiger partial charge in [-0.2, -0.15) is 0 Å². The average Bonchev–Trinajstić information content (AvgIpc) is 3.00. The summed E-state index contributed by atoms with van der Waals surface area (Å²) in [5.41, 5.74) is 9.95. The van der Waals surface area contributed by atoms with Gasteiger partial charge >= 0.3 is 0 Å². The van der Waals surface area contributed by atoms with E-state index >= 15 is 0 Å². The van der Waals surface area contributed by atoms with Crippen LogP contribution in [0.4, 0.5) is 22.7 Å². The van der Waals surface area contributed by atoms with Crippen LogP contribution in [0.5, 0.6) is 0 Å². The summed E-state index contributed by atoms with van der Waals surface area (Å²) in [7, 11) is 0. The molecule has 8 nitrogen and oxygen atoms in total. The Morgan fingerprint density at radius 2 is 0.667 bits per heavy atom. The maximum atomic E-state index is 14.2. The average molecular weight is 647 g/mol. The smallest absolute Gasteiger partial charge is 0.228 e. The normalized spacial score (nSPS) is 12.1. The van der Waals surface area contributed by atoms with Gasteiger partial charge < -0.3 is 21.3 Å². The van der Waals surface area contributed by atoms with E-state index in [2.05, 4.69) is 21.3 Å². The van der Waals surface area contributed by atoms with Gasteiger partial charge in [0, 0.05) is 35.6 Å². The lowest BCUT2D eigenvalue weighted by molar-refractivity contribution is -0.134. The molecule has 0 saturated heterocycles. The number of benzene rings is 4. The van der Waals surface area contributed by atoms with Crippen LogP contribution in [-0.4, -0.2) is 23.6 Å². The number of aryl methyl sites for hydroxylation is 8. The molecule has 4 N–H and O–H groups in total. The lowest BCUT2D eigenvalue weighted by Gasteiger charge is -2.26. The molecule has 0 bridgehead atoms. The van der Waals surface area contributed by atoms with Crippen molar-refractivity contribution in [2.45, 2.75) is 68.2 Å². The fraction of sp³-hybridized carbons (Fsp3) is 0.300. The second-order valence-electron chi connectivity index (χ2n) is 13.0. The van der Waals surface area contributed by atoms with E-state index < -0.39 is 35.5 Å². The lowest BCUT2D eigenvalue weighted by atomic mass is 9.84. The minimum atomic E-state index is -1.19. The molecular weight excluding hydrogens is 600 g/mol. The Hall–Kier alpha value is -5.24. The van der Waals surface area contributed by atoms with Crippen LogP contribution < -0.4 is 21.3 Å². The molecule has 2 unspecified atom stereocenters. The summed E-state index contributed by atoms with van der Waals surface area (Å²) in [6, 6.07) is 22.6. The van der Waals surface area contributed by atoms with Gasteiger partial charge in [-0.05, 0) is 102 Å². The van der Waals surface area contributed by atoms with Crippen molar-refractivity contribution in [2.24, 2.45) is 11.8 Å². The first-order chi connectivity index (χ1) is 22.7. The number of hydrogen-bond acceptors (Lipinski definition) is 4. The standard InChI is InChI=1S/C40H46N4O4/c1-23-9-13-33(27(5)17-23)41-37(45)21-31(39(47)43-35-15-11-25(3)19-29(35)7)32(40(48)44-36-16-12-26(4)20-30(36)8)22-38(46)42-34-14-10-24(2)18-28(34)6/h9-20,31-32H,21-22H2,1-8H3,(H,41,45)(H,42,46)(H,43,47)(H,44,48). The van der Waals surface area contributed by atoms with Gasteiger partial charge in [0.15, 0.2) is 0 Å². The third kappa shape index (κ3) is 9.41. The third-order valence-electron chi connectivity index (χ3n) is 8.56. The molecule has 0 aliphatic rings. The minimum Gasteiger partial charge on any atom is -0.326 e. The highest BCUT2D eigenvalue weighted by Gasteiger charge is 2.37. The van der Waals surface area contributed by atoms with Gasteiger partial charge in [-0.1, -0.05) is 70.8 Å². The number of amides is 4. The maximum absolute atomic E-state index is 14.2. The van der Waals surface area contributed by atoms with Gasteiger partial charge in [-0.25, -0.2) is 0 Å². The van der Waals surface area contributed by atoms with Crippen LogP contribution in [0, 0.1) is 67.2 Å². The van der Waals surface area contributed by atoms with Crippen molar-refractivity contribution < 1.29 is 19.2 Å². The highest BCUT2D eigenvalue weighted by atomic mass is 16.2. The SMILES string of the molecule is Cc1ccc(NC(=O)CC(C(=O)Nc2ccc(C)cc2C)C(CC(=O)Nc2ccc(C)cc2C)C(=O)Nc2ccc(C)cc2C)c(C)c1. The Morgan fingerprint density at radius 1 is 0.417 bits per heavy atom. The van der Waals surface area contributed by atoms with Crippen LogP contribution >= 0.6 is 0 Å². The molecule has 4 rings (SSSR count). The lowest BCUT2D eigenvalue weighted by Crippen LogP contribution is -2.41. The number of hydrogen-bond donors (Lipinski definition) is 4. The molecule has 250 valence electrons. The van der Waals surface area contributed by atoms with Gasteiger partial charge in [0.25, 0.3) is 0 Å². The first-order valence-electron chi connectivity index (χ1n) is 16.2. The van der Waals surface area contributed by atoms with Gasteiger partial charge in [0.2, 0.25) is 23.6 Å². The van der Waals surface area contributed by atoms with Crippen LogP contribution in [0.1, 0.15) is 57.3 Å². The molecule has 4 aromatic rings. The minimum absolute atomic E-state index is 0.328. The molecular formula is C40H46N4O4. The summed E-state index contributed by atoms with van der Waals surface area (Å²) in [6.45, 7) is 15.4. The Kier molecular flexibility index (Phi) is 11.5. The highest BCUT2D eigenvalue weighted by molar-refractivity contribution is 6.05. The molecule has 0 heterocycles. The zero-order valence-corrected chi connectivity index (χ0v) is 29.1. The number of nitrogens with one attached hydrogen (secondary N) is 4. The molecule has 2 atom stereocenters. The highest BCUT2D eigenvalue weighted by Crippen LogP contribution is 2.29. The van der Waals surface area contributed by atoms with E-state index in [1.54, 1.807) is 12.1 Å². The van der Waals surface area contributed by atoms with Crippen molar-refractivity contribution in [1.29, 1.82) is 0 Å². The summed E-state index contributed by atoms with van der Waals surface area (Å²) >= 11 is 0. The quantitative estimate of drug-likeness (QED) is 0.132. The summed E-state index contributed by atoms with van der Waals surface area (Å²) in [6.07, 6.45) is -0.655. The number of carbonyl (C=O) groups excluding carboxylic acids is 4. The zero-order valence-electron chi connectivity index (χ0n) is 29.1. The van der Waals surface area contributed by atoms with Crippen LogP contribution in [0.3, 0.4) is 0 Å². The topological polar surface area (TPSA) is 116 Å². The molecule has 0 fully saturated rings. The number of rotatable bonds is 11. The van der Waals surface area contributed by atoms with Crippen LogP contribution in [0.25, 0.3) is 0 Å². The predicted molar refractivity (Wildman–Crippen MR) is 194 cm³/mol. The summed E-state index contributed by atoms with van der Waals surface area (Å²) in [5, 5.41) is 11.7. The molecule has 48 heavy (non-hydrogen) atoms. The molecule has 4 aromatic carbocycles. The summed E-state index contributed by atoms with van der Waals surface area (Å²) in [5.74, 6) is -4.32. The van der Waals surface area contributed by atoms with Crippen molar-refractivity contribution >= 4 is 46.4 Å². The van der Waals surface area contributed by atoms with E-state index in [9.17, 15) is 19.2 Å². The first-order valence-corrected chi connectivity index (χ1v) is 16.2. The van der Waals surface area contributed by atoms with E-state index in [1.165, 1.54) is 0 Å². The van der Waals surface area contributed by atoms with Gasteiger partial charge in [0.1, 0.15) is 0 Å². The van der Waals surface area contributed by atoms with Crippen molar-refractivity contribution in [1.82, 2.24) is 0 Å². The Bertz CT molecular complexity index is 1730. The monoisotopic (exact) mass is 646 g/mol. The van der Waals surface area contributed by atoms with Crippen molar-refractivity contribution in [2.75, 3.05) is 21.3 Å². The van der Waals surface area contributed by atoms with Crippen LogP contribution in [0.2, 0.25) is 0 Å². The van der Waals surface area contributed by atoms with Crippen molar-refractivity contribution in [3.05, 3.63) is 117 Å². The third-order valence-corrected chi connectivity index (χ3v) is 8.56. The molecule has 0 spiro atoms. The van der Waals surface area contributed by atoms with Gasteiger partial charge in [0.05, 0.1) is 11.8 Å².